The minimum atomic E-state index is -0.202. The van der Waals surface area contributed by atoms with Crippen LogP contribution in [0.15, 0.2) is 34.8 Å². The molecule has 1 aliphatic rings. The maximum atomic E-state index is 12.3. The Hall–Kier alpha value is -1.34. The number of hydrogen-bond acceptors (Lipinski definition) is 2. The molecule has 0 saturated heterocycles. The molecular formula is C19H17BrINO2. The second-order valence-electron chi connectivity index (χ2n) is 6.85. The molecule has 0 aromatic heterocycles. The average Bonchev–Trinajstić information content (AvgIpc) is 2.77. The number of halogens is 2. The van der Waals surface area contributed by atoms with E-state index in [2.05, 4.69) is 43.8 Å². The summed E-state index contributed by atoms with van der Waals surface area (Å²) in [5.74, 6) is 0.143. The van der Waals surface area contributed by atoms with Crippen LogP contribution in [0.4, 0.5) is 5.69 Å². The number of phenolic OH excluding ortho intramolecular Hbond substituents is 1. The Morgan fingerprint density at radius 1 is 1.21 bits per heavy atom. The Labute approximate surface area is 163 Å². The molecule has 1 amide bonds. The summed E-state index contributed by atoms with van der Waals surface area (Å²) in [6.07, 6.45) is 1.87. The molecule has 5 heteroatoms. The third-order valence-corrected chi connectivity index (χ3v) is 5.24. The number of carbonyl (C=O) groups is 1. The molecule has 2 aromatic rings. The second-order valence-corrected chi connectivity index (χ2v) is 8.95. The van der Waals surface area contributed by atoms with E-state index in [1.165, 1.54) is 0 Å². The van der Waals surface area contributed by atoms with Crippen LogP contribution in [-0.4, -0.2) is 11.0 Å². The van der Waals surface area contributed by atoms with Gasteiger partial charge in [-0.3, -0.25) is 4.79 Å². The van der Waals surface area contributed by atoms with Gasteiger partial charge >= 0.3 is 0 Å². The van der Waals surface area contributed by atoms with Crippen LogP contribution >= 0.6 is 38.5 Å². The lowest BCUT2D eigenvalue weighted by atomic mass is 9.85. The van der Waals surface area contributed by atoms with Gasteiger partial charge in [-0.05, 0) is 85.9 Å². The normalized spacial score (nSPS) is 15.5. The Kier molecular flexibility index (Phi) is 4.51. The third kappa shape index (κ3) is 3.24. The number of carbonyl (C=O) groups excluding carboxylic acids is 1. The van der Waals surface area contributed by atoms with E-state index >= 15 is 0 Å². The van der Waals surface area contributed by atoms with E-state index in [4.69, 9.17) is 0 Å². The molecule has 0 unspecified atom stereocenters. The van der Waals surface area contributed by atoms with E-state index in [1.807, 2.05) is 57.2 Å². The molecule has 0 fully saturated rings. The largest absolute Gasteiger partial charge is 0.506 e. The topological polar surface area (TPSA) is 49.3 Å². The van der Waals surface area contributed by atoms with E-state index in [0.29, 0.717) is 10.0 Å². The van der Waals surface area contributed by atoms with Crippen molar-refractivity contribution in [1.82, 2.24) is 0 Å². The van der Waals surface area contributed by atoms with Gasteiger partial charge < -0.3 is 10.4 Å². The zero-order valence-corrected chi connectivity index (χ0v) is 17.3. The smallest absolute Gasteiger partial charge is 0.256 e. The summed E-state index contributed by atoms with van der Waals surface area (Å²) >= 11 is 5.66. The van der Waals surface area contributed by atoms with Gasteiger partial charge in [0.2, 0.25) is 0 Å². The van der Waals surface area contributed by atoms with Crippen LogP contribution in [0.3, 0.4) is 0 Å². The van der Waals surface area contributed by atoms with Crippen molar-refractivity contribution in [3.8, 4) is 5.75 Å². The first-order chi connectivity index (χ1) is 11.2. The summed E-state index contributed by atoms with van der Waals surface area (Å²) in [6.45, 7) is 6.14. The number of nitrogens with one attached hydrogen (secondary N) is 1. The van der Waals surface area contributed by atoms with Crippen molar-refractivity contribution in [1.29, 1.82) is 0 Å². The second kappa shape index (κ2) is 6.19. The number of rotatable bonds is 1. The quantitative estimate of drug-likeness (QED) is 0.401. The number of benzene rings is 2. The molecule has 2 N–H and O–H groups in total. The van der Waals surface area contributed by atoms with Crippen molar-refractivity contribution in [2.75, 3.05) is 5.32 Å². The zero-order valence-electron chi connectivity index (χ0n) is 13.6. The highest BCUT2D eigenvalue weighted by Crippen LogP contribution is 2.39. The molecule has 3 nitrogen and oxygen atoms in total. The van der Waals surface area contributed by atoms with E-state index in [9.17, 15) is 9.90 Å². The maximum absolute atomic E-state index is 12.3. The van der Waals surface area contributed by atoms with Crippen molar-refractivity contribution in [2.24, 2.45) is 0 Å². The number of anilines is 1. The van der Waals surface area contributed by atoms with Gasteiger partial charge in [-0.25, -0.2) is 0 Å². The Morgan fingerprint density at radius 2 is 1.92 bits per heavy atom. The summed E-state index contributed by atoms with van der Waals surface area (Å²) in [7, 11) is 0. The van der Waals surface area contributed by atoms with Crippen molar-refractivity contribution in [3.63, 3.8) is 0 Å². The molecule has 2 aromatic carbocycles. The van der Waals surface area contributed by atoms with E-state index in [-0.39, 0.29) is 17.1 Å². The van der Waals surface area contributed by atoms with Crippen LogP contribution in [0.25, 0.3) is 11.6 Å². The highest BCUT2D eigenvalue weighted by molar-refractivity contribution is 14.1. The molecule has 0 aliphatic carbocycles. The molecule has 0 spiro atoms. The van der Waals surface area contributed by atoms with Gasteiger partial charge in [0, 0.05) is 26.0 Å². The van der Waals surface area contributed by atoms with Crippen LogP contribution in [0.2, 0.25) is 0 Å². The zero-order chi connectivity index (χ0) is 17.6. The van der Waals surface area contributed by atoms with Crippen LogP contribution in [0.5, 0.6) is 5.75 Å². The first kappa shape index (κ1) is 17.5. The minimum absolute atomic E-state index is 0.103. The van der Waals surface area contributed by atoms with Crippen LogP contribution < -0.4 is 5.32 Å². The van der Waals surface area contributed by atoms with Crippen molar-refractivity contribution >= 4 is 61.8 Å². The molecule has 0 atom stereocenters. The molecule has 3 rings (SSSR count). The fourth-order valence-corrected chi connectivity index (χ4v) is 3.71. The summed E-state index contributed by atoms with van der Waals surface area (Å²) < 4.78 is 1.71. The van der Waals surface area contributed by atoms with E-state index < -0.39 is 0 Å². The first-order valence-electron chi connectivity index (χ1n) is 7.53. The number of hydrogen-bond donors (Lipinski definition) is 2. The first-order valence-corrected chi connectivity index (χ1v) is 9.40. The van der Waals surface area contributed by atoms with Gasteiger partial charge in [-0.1, -0.05) is 20.8 Å². The Bertz CT molecular complexity index is 882. The standard InChI is InChI=1S/C19H17BrINO2/c1-19(2,3)14-7-10(8-15(20)17(14)23)6-13-12-9-11(21)4-5-16(12)22-18(13)24/h4-9,23H,1-3H3,(H,22,24). The Morgan fingerprint density at radius 3 is 2.58 bits per heavy atom. The fourth-order valence-electron chi connectivity index (χ4n) is 2.75. The molecule has 0 radical (unpaired) electrons. The molecule has 24 heavy (non-hydrogen) atoms. The maximum Gasteiger partial charge on any atom is 0.256 e. The fraction of sp³-hybridized carbons (Fsp3) is 0.211. The van der Waals surface area contributed by atoms with Crippen molar-refractivity contribution in [2.45, 2.75) is 26.2 Å². The molecule has 0 bridgehead atoms. The van der Waals surface area contributed by atoms with Gasteiger partial charge in [-0.15, -0.1) is 0 Å². The van der Waals surface area contributed by atoms with Crippen LogP contribution in [0, 0.1) is 3.57 Å². The number of aromatic hydroxyl groups is 1. The minimum Gasteiger partial charge on any atom is -0.506 e. The lowest BCUT2D eigenvalue weighted by Crippen LogP contribution is -2.11. The summed E-state index contributed by atoms with van der Waals surface area (Å²) in [5, 5.41) is 13.2. The summed E-state index contributed by atoms with van der Waals surface area (Å²) in [6, 6.07) is 9.66. The molecular weight excluding hydrogens is 481 g/mol. The average molecular weight is 498 g/mol. The Balaban J connectivity index is 2.15. The SMILES string of the molecule is CC(C)(C)c1cc(C=C2C(=O)Nc3ccc(I)cc32)cc(Br)c1O. The van der Waals surface area contributed by atoms with Gasteiger partial charge in [0.05, 0.1) is 4.47 Å². The third-order valence-electron chi connectivity index (χ3n) is 3.97. The monoisotopic (exact) mass is 497 g/mol. The predicted molar refractivity (Wildman–Crippen MR) is 110 cm³/mol. The highest BCUT2D eigenvalue weighted by atomic mass is 127. The number of fused-ring (bicyclic) bond motifs is 1. The number of amides is 1. The highest BCUT2D eigenvalue weighted by Gasteiger charge is 2.25. The summed E-state index contributed by atoms with van der Waals surface area (Å²) in [4.78, 5) is 12.3. The van der Waals surface area contributed by atoms with Crippen LogP contribution in [0.1, 0.15) is 37.5 Å². The molecule has 0 saturated carbocycles. The lowest BCUT2D eigenvalue weighted by molar-refractivity contribution is -0.110. The predicted octanol–water partition coefficient (Wildman–Crippen LogP) is 5.55. The van der Waals surface area contributed by atoms with Crippen molar-refractivity contribution in [3.05, 3.63) is 55.1 Å². The van der Waals surface area contributed by atoms with Gasteiger partial charge in [0.25, 0.3) is 5.91 Å². The molecule has 1 aliphatic heterocycles. The van der Waals surface area contributed by atoms with Gasteiger partial charge in [0.1, 0.15) is 5.75 Å². The van der Waals surface area contributed by atoms with Gasteiger partial charge in [-0.2, -0.15) is 0 Å². The molecule has 1 heterocycles. The molecule has 124 valence electrons. The number of phenols is 1. The van der Waals surface area contributed by atoms with E-state index in [0.717, 1.165) is 25.9 Å². The lowest BCUT2D eigenvalue weighted by Gasteiger charge is -2.21. The van der Waals surface area contributed by atoms with E-state index in [1.54, 1.807) is 0 Å². The van der Waals surface area contributed by atoms with Crippen molar-refractivity contribution < 1.29 is 9.90 Å². The summed E-state index contributed by atoms with van der Waals surface area (Å²) in [5.41, 5.74) is 3.90. The van der Waals surface area contributed by atoms with Crippen LogP contribution in [-0.2, 0) is 10.2 Å². The van der Waals surface area contributed by atoms with Gasteiger partial charge in [0.15, 0.2) is 0 Å².